The van der Waals surface area contributed by atoms with Crippen LogP contribution in [0.5, 0.6) is 5.75 Å². The Balaban J connectivity index is 1.85. The van der Waals surface area contributed by atoms with Gasteiger partial charge in [-0.2, -0.15) is 13.2 Å². The van der Waals surface area contributed by atoms with Crippen molar-refractivity contribution < 1.29 is 32.2 Å². The van der Waals surface area contributed by atoms with Gasteiger partial charge >= 0.3 is 6.18 Å². The zero-order valence-corrected chi connectivity index (χ0v) is 16.5. The third-order valence-corrected chi connectivity index (χ3v) is 4.57. The van der Waals surface area contributed by atoms with E-state index in [9.17, 15) is 22.8 Å². The SMILES string of the molecule is COCC(=O)Nc1ccc2c(c1)CN(Cc1cccc(C(F)(F)F)c1)C(=O)C(C)O2. The molecule has 9 heteroatoms. The van der Waals surface area contributed by atoms with Crippen molar-refractivity contribution in [2.45, 2.75) is 32.3 Å². The molecule has 1 N–H and O–H groups in total. The molecule has 2 amide bonds. The molecule has 2 aromatic carbocycles. The number of hydrogen-bond acceptors (Lipinski definition) is 4. The average Bonchev–Trinajstić information content (AvgIpc) is 2.79. The number of carbonyl (C=O) groups excluding carboxylic acids is 2. The Morgan fingerprint density at radius 2 is 2.03 bits per heavy atom. The van der Waals surface area contributed by atoms with Gasteiger partial charge in [0.1, 0.15) is 12.4 Å². The number of fused-ring (bicyclic) bond motifs is 1. The number of methoxy groups -OCH3 is 1. The van der Waals surface area contributed by atoms with Crippen LogP contribution in [0.2, 0.25) is 0 Å². The van der Waals surface area contributed by atoms with Crippen LogP contribution >= 0.6 is 0 Å². The fourth-order valence-corrected chi connectivity index (χ4v) is 3.21. The number of nitrogens with zero attached hydrogens (tertiary/aromatic N) is 1. The van der Waals surface area contributed by atoms with Crippen molar-refractivity contribution in [1.82, 2.24) is 4.90 Å². The van der Waals surface area contributed by atoms with Crippen LogP contribution in [-0.4, -0.2) is 36.5 Å². The van der Waals surface area contributed by atoms with E-state index < -0.39 is 17.8 Å². The molecule has 0 aliphatic carbocycles. The predicted octanol–water partition coefficient (Wildman–Crippen LogP) is 3.60. The summed E-state index contributed by atoms with van der Waals surface area (Å²) in [6.07, 6.45) is -5.26. The Hall–Kier alpha value is -3.07. The number of anilines is 1. The molecule has 0 aromatic heterocycles. The minimum absolute atomic E-state index is 0.00381. The highest BCUT2D eigenvalue weighted by molar-refractivity contribution is 5.92. The maximum atomic E-state index is 13.0. The molecule has 30 heavy (non-hydrogen) atoms. The van der Waals surface area contributed by atoms with E-state index in [1.54, 1.807) is 31.2 Å². The lowest BCUT2D eigenvalue weighted by molar-refractivity contribution is -0.138. The Kier molecular flexibility index (Phi) is 6.31. The Bertz CT molecular complexity index is 946. The van der Waals surface area contributed by atoms with Crippen LogP contribution in [-0.2, 0) is 33.6 Å². The van der Waals surface area contributed by atoms with Gasteiger partial charge in [0.2, 0.25) is 5.91 Å². The van der Waals surface area contributed by atoms with Crippen LogP contribution in [0.15, 0.2) is 42.5 Å². The number of carbonyl (C=O) groups is 2. The van der Waals surface area contributed by atoms with Crippen molar-refractivity contribution in [3.05, 3.63) is 59.2 Å². The van der Waals surface area contributed by atoms with Crippen LogP contribution in [0.4, 0.5) is 18.9 Å². The number of ether oxygens (including phenoxy) is 2. The van der Waals surface area contributed by atoms with E-state index in [4.69, 9.17) is 9.47 Å². The van der Waals surface area contributed by atoms with E-state index in [2.05, 4.69) is 5.32 Å². The van der Waals surface area contributed by atoms with E-state index in [-0.39, 0.29) is 31.5 Å². The highest BCUT2D eigenvalue weighted by Crippen LogP contribution is 2.32. The van der Waals surface area contributed by atoms with Crippen molar-refractivity contribution in [3.8, 4) is 5.75 Å². The molecule has 3 rings (SSSR count). The molecular formula is C21H21F3N2O4. The second-order valence-corrected chi connectivity index (χ2v) is 6.96. The van der Waals surface area contributed by atoms with Crippen LogP contribution in [0.3, 0.4) is 0 Å². The third kappa shape index (κ3) is 5.10. The molecule has 0 spiro atoms. The molecule has 1 atom stereocenters. The first-order valence-corrected chi connectivity index (χ1v) is 9.20. The summed E-state index contributed by atoms with van der Waals surface area (Å²) in [5.74, 6) is -0.196. The van der Waals surface area contributed by atoms with Crippen molar-refractivity contribution in [2.24, 2.45) is 0 Å². The van der Waals surface area contributed by atoms with Crippen LogP contribution in [0, 0.1) is 0 Å². The van der Waals surface area contributed by atoms with Gasteiger partial charge < -0.3 is 19.7 Å². The van der Waals surface area contributed by atoms with Crippen molar-refractivity contribution in [1.29, 1.82) is 0 Å². The van der Waals surface area contributed by atoms with Crippen LogP contribution in [0.25, 0.3) is 0 Å². The summed E-state index contributed by atoms with van der Waals surface area (Å²) in [6.45, 7) is 1.61. The molecule has 0 bridgehead atoms. The number of amides is 2. The van der Waals surface area contributed by atoms with Gasteiger partial charge in [-0.3, -0.25) is 9.59 Å². The number of halogens is 3. The highest BCUT2D eigenvalue weighted by atomic mass is 19.4. The van der Waals surface area contributed by atoms with Gasteiger partial charge in [0.15, 0.2) is 6.10 Å². The van der Waals surface area contributed by atoms with Crippen molar-refractivity contribution >= 4 is 17.5 Å². The molecule has 160 valence electrons. The van der Waals surface area contributed by atoms with E-state index >= 15 is 0 Å². The highest BCUT2D eigenvalue weighted by Gasteiger charge is 2.32. The summed E-state index contributed by atoms with van der Waals surface area (Å²) in [7, 11) is 1.41. The number of hydrogen-bond donors (Lipinski definition) is 1. The van der Waals surface area contributed by atoms with Gasteiger partial charge in [-0.1, -0.05) is 12.1 Å². The molecule has 1 unspecified atom stereocenters. The number of benzene rings is 2. The van der Waals surface area contributed by atoms with Gasteiger partial charge in [-0.15, -0.1) is 0 Å². The van der Waals surface area contributed by atoms with Crippen LogP contribution in [0.1, 0.15) is 23.6 Å². The molecule has 1 aliphatic rings. The smallest absolute Gasteiger partial charge is 0.416 e. The lowest BCUT2D eigenvalue weighted by Crippen LogP contribution is -2.37. The summed E-state index contributed by atoms with van der Waals surface area (Å²) >= 11 is 0. The molecule has 0 radical (unpaired) electrons. The largest absolute Gasteiger partial charge is 0.481 e. The fourth-order valence-electron chi connectivity index (χ4n) is 3.21. The lowest BCUT2D eigenvalue weighted by Gasteiger charge is -2.22. The summed E-state index contributed by atoms with van der Waals surface area (Å²) < 4.78 is 49.5. The Morgan fingerprint density at radius 1 is 1.27 bits per heavy atom. The number of nitrogens with one attached hydrogen (secondary N) is 1. The first kappa shape index (κ1) is 21.6. The van der Waals surface area contributed by atoms with E-state index in [0.29, 0.717) is 22.6 Å². The Labute approximate surface area is 171 Å². The first-order valence-electron chi connectivity index (χ1n) is 9.20. The number of alkyl halides is 3. The quantitative estimate of drug-likeness (QED) is 0.800. The minimum atomic E-state index is -4.46. The summed E-state index contributed by atoms with van der Waals surface area (Å²) in [6, 6.07) is 9.85. The summed E-state index contributed by atoms with van der Waals surface area (Å²) in [5.41, 5.74) is 0.726. The zero-order chi connectivity index (χ0) is 21.9. The molecule has 0 fully saturated rings. The van der Waals surface area contributed by atoms with Crippen molar-refractivity contribution in [3.63, 3.8) is 0 Å². The molecule has 1 heterocycles. The number of rotatable bonds is 5. The van der Waals surface area contributed by atoms with Crippen LogP contribution < -0.4 is 10.1 Å². The molecule has 0 saturated heterocycles. The monoisotopic (exact) mass is 422 g/mol. The molecule has 6 nitrogen and oxygen atoms in total. The summed E-state index contributed by atoms with van der Waals surface area (Å²) in [4.78, 5) is 25.9. The van der Waals surface area contributed by atoms with Gasteiger partial charge in [0.05, 0.1) is 5.56 Å². The Morgan fingerprint density at radius 3 is 2.73 bits per heavy atom. The average molecular weight is 422 g/mol. The van der Waals surface area contributed by atoms with Gasteiger partial charge in [-0.05, 0) is 42.8 Å². The van der Waals surface area contributed by atoms with E-state index in [1.165, 1.54) is 18.1 Å². The molecule has 2 aromatic rings. The maximum Gasteiger partial charge on any atom is 0.416 e. The summed E-state index contributed by atoms with van der Waals surface area (Å²) in [5, 5.41) is 2.68. The standard InChI is InChI=1S/C21H21F3N2O4/c1-13-20(28)26(10-14-4-3-5-16(8-14)21(22,23)24)11-15-9-17(6-7-18(15)30-13)25-19(27)12-29-2/h3-9,13H,10-12H2,1-2H3,(H,25,27). The maximum absolute atomic E-state index is 13.0. The fraction of sp³-hybridized carbons (Fsp3) is 0.333. The molecule has 0 saturated carbocycles. The first-order chi connectivity index (χ1) is 14.2. The van der Waals surface area contributed by atoms with Crippen molar-refractivity contribution in [2.75, 3.05) is 19.0 Å². The molecule has 1 aliphatic heterocycles. The lowest BCUT2D eigenvalue weighted by atomic mass is 10.1. The normalized spacial score (nSPS) is 16.5. The van der Waals surface area contributed by atoms with Gasteiger partial charge in [-0.25, -0.2) is 0 Å². The predicted molar refractivity (Wildman–Crippen MR) is 103 cm³/mol. The third-order valence-electron chi connectivity index (χ3n) is 4.57. The topological polar surface area (TPSA) is 67.9 Å². The zero-order valence-electron chi connectivity index (χ0n) is 16.5. The van der Waals surface area contributed by atoms with E-state index in [1.807, 2.05) is 0 Å². The van der Waals surface area contributed by atoms with Gasteiger partial charge in [0, 0.05) is 31.5 Å². The second kappa shape index (κ2) is 8.74. The van der Waals surface area contributed by atoms with Gasteiger partial charge in [0.25, 0.3) is 5.91 Å². The van der Waals surface area contributed by atoms with E-state index in [0.717, 1.165) is 12.1 Å². The second-order valence-electron chi connectivity index (χ2n) is 6.96. The minimum Gasteiger partial charge on any atom is -0.481 e. The molecular weight excluding hydrogens is 401 g/mol.